The van der Waals surface area contributed by atoms with Crippen molar-refractivity contribution in [3.63, 3.8) is 0 Å². The Hall–Kier alpha value is -2.40. The quantitative estimate of drug-likeness (QED) is 0.882. The summed E-state index contributed by atoms with van der Waals surface area (Å²) in [5.41, 5.74) is 0.391. The van der Waals surface area contributed by atoms with Gasteiger partial charge in [0.2, 0.25) is 0 Å². The molecule has 1 atom stereocenters. The Balaban J connectivity index is 1.93. The van der Waals surface area contributed by atoms with Gasteiger partial charge in [-0.1, -0.05) is 29.8 Å². The minimum absolute atomic E-state index is 0.340. The lowest BCUT2D eigenvalue weighted by Crippen LogP contribution is -2.30. The maximum atomic E-state index is 11.9. The fraction of sp³-hybridized carbons (Fsp3) is 0.133. The van der Waals surface area contributed by atoms with E-state index in [1.54, 1.807) is 42.5 Å². The third-order valence-electron chi connectivity index (χ3n) is 2.64. The molecule has 1 aromatic heterocycles. The number of aromatic nitrogens is 1. The molecular weight excluding hydrogens is 292 g/mol. The number of amides is 1. The lowest BCUT2D eigenvalue weighted by molar-refractivity contribution is -0.123. The molecule has 0 bridgehead atoms. The molecule has 1 aromatic carbocycles. The zero-order valence-electron chi connectivity index (χ0n) is 11.2. The molecule has 0 saturated heterocycles. The predicted octanol–water partition coefficient (Wildman–Crippen LogP) is 2.92. The number of anilines is 1. The average molecular weight is 305 g/mol. The van der Waals surface area contributed by atoms with Gasteiger partial charge in [-0.3, -0.25) is 4.79 Å². The van der Waals surface area contributed by atoms with E-state index in [0.29, 0.717) is 16.4 Å². The zero-order valence-corrected chi connectivity index (χ0v) is 12.0. The minimum Gasteiger partial charge on any atom is -0.449 e. The van der Waals surface area contributed by atoms with Crippen molar-refractivity contribution in [1.29, 1.82) is 0 Å². The number of hydrogen-bond acceptors (Lipinski definition) is 4. The van der Waals surface area contributed by atoms with E-state index in [4.69, 9.17) is 16.3 Å². The third-order valence-corrected chi connectivity index (χ3v) is 2.86. The second kappa shape index (κ2) is 6.85. The molecule has 0 aliphatic heterocycles. The number of rotatable bonds is 4. The molecule has 6 heteroatoms. The van der Waals surface area contributed by atoms with Crippen molar-refractivity contribution in [3.05, 3.63) is 59.2 Å². The number of halogens is 1. The fourth-order valence-electron chi connectivity index (χ4n) is 1.53. The molecule has 0 radical (unpaired) electrons. The van der Waals surface area contributed by atoms with Crippen LogP contribution in [-0.4, -0.2) is 23.0 Å². The highest BCUT2D eigenvalue weighted by atomic mass is 35.5. The van der Waals surface area contributed by atoms with E-state index in [2.05, 4.69) is 10.3 Å². The molecule has 108 valence electrons. The highest BCUT2D eigenvalue weighted by Gasteiger charge is 2.19. The number of esters is 1. The van der Waals surface area contributed by atoms with Gasteiger partial charge in [-0.25, -0.2) is 9.78 Å². The summed E-state index contributed by atoms with van der Waals surface area (Å²) in [6.07, 6.45) is 0.479. The van der Waals surface area contributed by atoms with Crippen LogP contribution in [0.1, 0.15) is 17.3 Å². The first-order valence-corrected chi connectivity index (χ1v) is 6.62. The number of benzene rings is 1. The Bertz CT molecular complexity index is 629. The van der Waals surface area contributed by atoms with E-state index < -0.39 is 18.0 Å². The standard InChI is InChI=1S/C15H13ClN2O3/c1-10(21-15(20)11-5-3-2-4-6-11)14(19)18-13-8-7-12(16)9-17-13/h2-10H,1H3,(H,17,18,19)/t10-/m1/s1. The number of nitrogens with one attached hydrogen (secondary N) is 1. The molecule has 1 amide bonds. The van der Waals surface area contributed by atoms with E-state index >= 15 is 0 Å². The van der Waals surface area contributed by atoms with Crippen molar-refractivity contribution in [2.24, 2.45) is 0 Å². The summed E-state index contributed by atoms with van der Waals surface area (Å²) in [5.74, 6) is -0.677. The van der Waals surface area contributed by atoms with Crippen LogP contribution in [0.5, 0.6) is 0 Å². The lowest BCUT2D eigenvalue weighted by atomic mass is 10.2. The molecule has 1 N–H and O–H groups in total. The SMILES string of the molecule is C[C@@H](OC(=O)c1ccccc1)C(=O)Nc1ccc(Cl)cn1. The second-order valence-corrected chi connectivity index (χ2v) is 4.70. The summed E-state index contributed by atoms with van der Waals surface area (Å²) >= 11 is 5.70. The number of carbonyl (C=O) groups is 2. The summed E-state index contributed by atoms with van der Waals surface area (Å²) < 4.78 is 5.09. The molecule has 0 unspecified atom stereocenters. The molecular formula is C15H13ClN2O3. The molecule has 2 rings (SSSR count). The van der Waals surface area contributed by atoms with Crippen molar-refractivity contribution in [3.8, 4) is 0 Å². The summed E-state index contributed by atoms with van der Waals surface area (Å²) in [6.45, 7) is 1.49. The summed E-state index contributed by atoms with van der Waals surface area (Å²) in [6, 6.07) is 11.6. The van der Waals surface area contributed by atoms with Crippen molar-refractivity contribution in [2.45, 2.75) is 13.0 Å². The molecule has 21 heavy (non-hydrogen) atoms. The Kier molecular flexibility index (Phi) is 4.90. The molecule has 2 aromatic rings. The number of hydrogen-bond donors (Lipinski definition) is 1. The Labute approximate surface area is 126 Å². The average Bonchev–Trinajstić information content (AvgIpc) is 2.50. The van der Waals surface area contributed by atoms with Gasteiger partial charge in [0, 0.05) is 6.20 Å². The lowest BCUT2D eigenvalue weighted by Gasteiger charge is -2.13. The van der Waals surface area contributed by atoms with Crippen molar-refractivity contribution in [2.75, 3.05) is 5.32 Å². The van der Waals surface area contributed by atoms with Gasteiger partial charge in [0.15, 0.2) is 6.10 Å². The first-order valence-electron chi connectivity index (χ1n) is 6.24. The predicted molar refractivity (Wildman–Crippen MR) is 79.2 cm³/mol. The van der Waals surface area contributed by atoms with Crippen LogP contribution < -0.4 is 5.32 Å². The van der Waals surface area contributed by atoms with E-state index in [-0.39, 0.29) is 0 Å². The van der Waals surface area contributed by atoms with Gasteiger partial charge in [0.25, 0.3) is 5.91 Å². The van der Waals surface area contributed by atoms with Crippen LogP contribution in [0.4, 0.5) is 5.82 Å². The van der Waals surface area contributed by atoms with Gasteiger partial charge in [-0.05, 0) is 31.2 Å². The van der Waals surface area contributed by atoms with Crippen molar-refractivity contribution < 1.29 is 14.3 Å². The highest BCUT2D eigenvalue weighted by molar-refractivity contribution is 6.30. The first kappa shape index (κ1) is 15.0. The van der Waals surface area contributed by atoms with Crippen LogP contribution in [0, 0.1) is 0 Å². The molecule has 0 saturated carbocycles. The van der Waals surface area contributed by atoms with Crippen LogP contribution in [0.2, 0.25) is 5.02 Å². The van der Waals surface area contributed by atoms with E-state index in [9.17, 15) is 9.59 Å². The topological polar surface area (TPSA) is 68.3 Å². The van der Waals surface area contributed by atoms with Gasteiger partial charge in [-0.15, -0.1) is 0 Å². The molecule has 0 aliphatic rings. The van der Waals surface area contributed by atoms with Crippen LogP contribution in [-0.2, 0) is 9.53 Å². The van der Waals surface area contributed by atoms with E-state index in [1.165, 1.54) is 13.1 Å². The third kappa shape index (κ3) is 4.29. The zero-order chi connectivity index (χ0) is 15.2. The Morgan fingerprint density at radius 2 is 1.90 bits per heavy atom. The van der Waals surface area contributed by atoms with E-state index in [0.717, 1.165) is 0 Å². The van der Waals surface area contributed by atoms with E-state index in [1.807, 2.05) is 0 Å². The molecule has 0 spiro atoms. The van der Waals surface area contributed by atoms with Crippen LogP contribution in [0.25, 0.3) is 0 Å². The van der Waals surface area contributed by atoms with Gasteiger partial charge >= 0.3 is 5.97 Å². The van der Waals surface area contributed by atoms with Crippen LogP contribution >= 0.6 is 11.6 Å². The summed E-state index contributed by atoms with van der Waals surface area (Å²) in [5, 5.41) is 3.01. The van der Waals surface area contributed by atoms with Gasteiger partial charge in [0.1, 0.15) is 5.82 Å². The molecule has 1 heterocycles. The second-order valence-electron chi connectivity index (χ2n) is 4.26. The highest BCUT2D eigenvalue weighted by Crippen LogP contribution is 2.10. The van der Waals surface area contributed by atoms with Gasteiger partial charge < -0.3 is 10.1 Å². The first-order chi connectivity index (χ1) is 10.1. The molecule has 0 aliphatic carbocycles. The maximum absolute atomic E-state index is 11.9. The summed E-state index contributed by atoms with van der Waals surface area (Å²) in [4.78, 5) is 27.7. The van der Waals surface area contributed by atoms with Crippen LogP contribution in [0.15, 0.2) is 48.7 Å². The molecule has 5 nitrogen and oxygen atoms in total. The number of pyridine rings is 1. The Morgan fingerprint density at radius 1 is 1.19 bits per heavy atom. The molecule has 0 fully saturated rings. The largest absolute Gasteiger partial charge is 0.449 e. The number of ether oxygens (including phenoxy) is 1. The van der Waals surface area contributed by atoms with Crippen molar-refractivity contribution >= 4 is 29.3 Å². The minimum atomic E-state index is -0.935. The van der Waals surface area contributed by atoms with Gasteiger partial charge in [0.05, 0.1) is 10.6 Å². The summed E-state index contributed by atoms with van der Waals surface area (Å²) in [7, 11) is 0. The smallest absolute Gasteiger partial charge is 0.338 e. The number of nitrogens with zero attached hydrogens (tertiary/aromatic N) is 1. The van der Waals surface area contributed by atoms with Crippen LogP contribution in [0.3, 0.4) is 0 Å². The van der Waals surface area contributed by atoms with Gasteiger partial charge in [-0.2, -0.15) is 0 Å². The Morgan fingerprint density at radius 3 is 2.52 bits per heavy atom. The number of carbonyl (C=O) groups excluding carboxylic acids is 2. The normalized spacial score (nSPS) is 11.5. The monoisotopic (exact) mass is 304 g/mol. The fourth-order valence-corrected chi connectivity index (χ4v) is 1.65. The van der Waals surface area contributed by atoms with Crippen molar-refractivity contribution in [1.82, 2.24) is 4.98 Å². The maximum Gasteiger partial charge on any atom is 0.338 e.